The predicted molar refractivity (Wildman–Crippen MR) is 51.6 cm³/mol. The first-order valence-electron chi connectivity index (χ1n) is 5.40. The molecule has 3 rings (SSSR count). The molecule has 0 aliphatic heterocycles. The highest BCUT2D eigenvalue weighted by Crippen LogP contribution is 2.65. The maximum Gasteiger partial charge on any atom is 0.160 e. The van der Waals surface area contributed by atoms with Crippen LogP contribution in [0, 0.1) is 23.2 Å². The molecule has 2 fully saturated rings. The molecule has 14 heavy (non-hydrogen) atoms. The summed E-state index contributed by atoms with van der Waals surface area (Å²) in [6.07, 6.45) is 6.44. The molecule has 0 aromatic heterocycles. The van der Waals surface area contributed by atoms with E-state index in [0.717, 1.165) is 12.8 Å². The van der Waals surface area contributed by atoms with Crippen LogP contribution in [0.15, 0.2) is 12.2 Å². The Balaban J connectivity index is 2.04. The molecule has 0 radical (unpaired) electrons. The number of carbonyl (C=O) groups excluding carboxylic acids is 2. The normalized spacial score (nSPS) is 49.9. The summed E-state index contributed by atoms with van der Waals surface area (Å²) < 4.78 is 0. The average Bonchev–Trinajstić information content (AvgIpc) is 2.44. The molecule has 3 aliphatic carbocycles. The lowest BCUT2D eigenvalue weighted by Crippen LogP contribution is -2.59. The van der Waals surface area contributed by atoms with Gasteiger partial charge in [-0.1, -0.05) is 13.3 Å². The van der Waals surface area contributed by atoms with E-state index in [9.17, 15) is 9.59 Å². The summed E-state index contributed by atoms with van der Waals surface area (Å²) in [5.74, 6) is 0.940. The zero-order valence-electron chi connectivity index (χ0n) is 8.32. The van der Waals surface area contributed by atoms with Crippen molar-refractivity contribution in [2.24, 2.45) is 23.2 Å². The molecule has 2 saturated carbocycles. The van der Waals surface area contributed by atoms with Gasteiger partial charge in [-0.3, -0.25) is 9.59 Å². The third-order valence-corrected chi connectivity index (χ3v) is 4.63. The van der Waals surface area contributed by atoms with Crippen LogP contribution in [-0.4, -0.2) is 11.6 Å². The highest BCUT2D eigenvalue weighted by atomic mass is 16.1. The molecule has 0 bridgehead atoms. The monoisotopic (exact) mass is 190 g/mol. The Morgan fingerprint density at radius 2 is 2.00 bits per heavy atom. The fourth-order valence-electron chi connectivity index (χ4n) is 3.96. The van der Waals surface area contributed by atoms with E-state index in [1.165, 1.54) is 18.6 Å². The van der Waals surface area contributed by atoms with Crippen molar-refractivity contribution in [3.8, 4) is 0 Å². The van der Waals surface area contributed by atoms with E-state index in [0.29, 0.717) is 5.92 Å². The van der Waals surface area contributed by atoms with Gasteiger partial charge in [0.05, 0.1) is 0 Å². The van der Waals surface area contributed by atoms with Crippen molar-refractivity contribution in [1.29, 1.82) is 0 Å². The fourth-order valence-corrected chi connectivity index (χ4v) is 3.96. The van der Waals surface area contributed by atoms with Gasteiger partial charge in [0.2, 0.25) is 0 Å². The Bertz CT molecular complexity index is 355. The largest absolute Gasteiger partial charge is 0.295 e. The Morgan fingerprint density at radius 3 is 2.79 bits per heavy atom. The third kappa shape index (κ3) is 0.737. The Morgan fingerprint density at radius 1 is 1.29 bits per heavy atom. The highest BCUT2D eigenvalue weighted by Gasteiger charge is 2.65. The first-order chi connectivity index (χ1) is 6.64. The standard InChI is InChI=1S/C12H14O2/c1-12-6-2-3-7(12)10-8(13)4-5-9(14)11(10)12/h4-5,7,10-11H,2-3,6H2,1H3. The number of carbonyl (C=O) groups is 2. The van der Waals surface area contributed by atoms with Gasteiger partial charge in [-0.15, -0.1) is 0 Å². The fraction of sp³-hybridized carbons (Fsp3) is 0.667. The van der Waals surface area contributed by atoms with Gasteiger partial charge in [-0.2, -0.15) is 0 Å². The van der Waals surface area contributed by atoms with Gasteiger partial charge in [0.25, 0.3) is 0 Å². The molecule has 0 saturated heterocycles. The van der Waals surface area contributed by atoms with E-state index in [1.807, 2.05) is 0 Å². The molecule has 2 nitrogen and oxygen atoms in total. The van der Waals surface area contributed by atoms with Crippen LogP contribution in [0.5, 0.6) is 0 Å². The van der Waals surface area contributed by atoms with Crippen molar-refractivity contribution >= 4 is 11.6 Å². The van der Waals surface area contributed by atoms with Crippen LogP contribution in [0.1, 0.15) is 26.2 Å². The highest BCUT2D eigenvalue weighted by molar-refractivity contribution is 6.09. The van der Waals surface area contributed by atoms with Crippen molar-refractivity contribution in [2.45, 2.75) is 26.2 Å². The van der Waals surface area contributed by atoms with E-state index >= 15 is 0 Å². The number of hydrogen-bond acceptors (Lipinski definition) is 2. The minimum absolute atomic E-state index is 0.0208. The van der Waals surface area contributed by atoms with Gasteiger partial charge in [0, 0.05) is 11.8 Å². The van der Waals surface area contributed by atoms with E-state index in [4.69, 9.17) is 0 Å². The third-order valence-electron chi connectivity index (χ3n) is 4.63. The first-order valence-corrected chi connectivity index (χ1v) is 5.40. The summed E-state index contributed by atoms with van der Waals surface area (Å²) in [5.41, 5.74) is 0.155. The van der Waals surface area contributed by atoms with E-state index in [2.05, 4.69) is 6.92 Å². The topological polar surface area (TPSA) is 34.1 Å². The van der Waals surface area contributed by atoms with Gasteiger partial charge in [-0.25, -0.2) is 0 Å². The second-order valence-electron chi connectivity index (χ2n) is 5.15. The number of allylic oxidation sites excluding steroid dienone is 2. The zero-order chi connectivity index (χ0) is 9.92. The SMILES string of the molecule is CC12CCCC1C1C(=O)C=CC(=O)C12. The van der Waals surface area contributed by atoms with Crippen LogP contribution >= 0.6 is 0 Å². The molecule has 0 spiro atoms. The van der Waals surface area contributed by atoms with Crippen molar-refractivity contribution in [3.63, 3.8) is 0 Å². The molecule has 0 amide bonds. The summed E-state index contributed by atoms with van der Waals surface area (Å²) >= 11 is 0. The van der Waals surface area contributed by atoms with Crippen LogP contribution in [0.3, 0.4) is 0 Å². The lowest BCUT2D eigenvalue weighted by molar-refractivity contribution is -0.158. The van der Waals surface area contributed by atoms with Crippen molar-refractivity contribution in [1.82, 2.24) is 0 Å². The van der Waals surface area contributed by atoms with Gasteiger partial charge in [0.15, 0.2) is 11.6 Å². The average molecular weight is 190 g/mol. The van der Waals surface area contributed by atoms with Crippen molar-refractivity contribution in [3.05, 3.63) is 12.2 Å². The molecule has 0 N–H and O–H groups in total. The molecule has 0 aromatic rings. The molecule has 0 aromatic carbocycles. The molecular weight excluding hydrogens is 176 g/mol. The maximum absolute atomic E-state index is 11.7. The predicted octanol–water partition coefficient (Wildman–Crippen LogP) is 1.75. The second kappa shape index (κ2) is 2.36. The van der Waals surface area contributed by atoms with Crippen LogP contribution < -0.4 is 0 Å². The van der Waals surface area contributed by atoms with Gasteiger partial charge in [0.1, 0.15) is 0 Å². The summed E-state index contributed by atoms with van der Waals surface area (Å²) in [4.78, 5) is 23.4. The number of hydrogen-bond donors (Lipinski definition) is 0. The summed E-state index contributed by atoms with van der Waals surface area (Å²) in [6, 6.07) is 0. The molecule has 4 unspecified atom stereocenters. The van der Waals surface area contributed by atoms with E-state index < -0.39 is 0 Å². The summed E-state index contributed by atoms with van der Waals surface area (Å²) in [5, 5.41) is 0. The van der Waals surface area contributed by atoms with E-state index in [1.54, 1.807) is 0 Å². The molecule has 4 atom stereocenters. The van der Waals surface area contributed by atoms with Crippen molar-refractivity contribution < 1.29 is 9.59 Å². The number of rotatable bonds is 0. The minimum atomic E-state index is 0.0208. The van der Waals surface area contributed by atoms with Gasteiger partial charge < -0.3 is 0 Å². The lowest BCUT2D eigenvalue weighted by Gasteiger charge is -2.56. The Labute approximate surface area is 83.4 Å². The molecule has 74 valence electrons. The van der Waals surface area contributed by atoms with Gasteiger partial charge >= 0.3 is 0 Å². The first kappa shape index (κ1) is 8.39. The van der Waals surface area contributed by atoms with E-state index in [-0.39, 0.29) is 28.8 Å². The van der Waals surface area contributed by atoms with Crippen LogP contribution in [-0.2, 0) is 9.59 Å². The quantitative estimate of drug-likeness (QED) is 0.583. The molecule has 0 heterocycles. The summed E-state index contributed by atoms with van der Waals surface area (Å²) in [7, 11) is 0. The molecular formula is C12H14O2. The smallest absolute Gasteiger partial charge is 0.160 e. The minimum Gasteiger partial charge on any atom is -0.295 e. The maximum atomic E-state index is 11.7. The molecule has 3 aliphatic rings. The van der Waals surface area contributed by atoms with Crippen molar-refractivity contribution in [2.75, 3.05) is 0 Å². The Kier molecular flexibility index (Phi) is 1.41. The molecule has 2 heteroatoms. The summed E-state index contributed by atoms with van der Waals surface area (Å²) in [6.45, 7) is 2.19. The van der Waals surface area contributed by atoms with Crippen LogP contribution in [0.25, 0.3) is 0 Å². The number of fused-ring (bicyclic) bond motifs is 4. The van der Waals surface area contributed by atoms with Gasteiger partial charge in [-0.05, 0) is 36.3 Å². The zero-order valence-corrected chi connectivity index (χ0v) is 8.32. The lowest BCUT2D eigenvalue weighted by atomic mass is 9.45. The van der Waals surface area contributed by atoms with Crippen LogP contribution in [0.2, 0.25) is 0 Å². The van der Waals surface area contributed by atoms with Crippen LogP contribution in [0.4, 0.5) is 0 Å². The number of ketones is 2. The second-order valence-corrected chi connectivity index (χ2v) is 5.15. The Hall–Kier alpha value is -0.920.